The molecule has 0 saturated carbocycles. The van der Waals surface area contributed by atoms with Crippen molar-refractivity contribution < 1.29 is 4.79 Å². The molecule has 0 aliphatic carbocycles. The van der Waals surface area contributed by atoms with E-state index in [9.17, 15) is 4.79 Å². The third-order valence-electron chi connectivity index (χ3n) is 4.90. The van der Waals surface area contributed by atoms with E-state index in [0.717, 1.165) is 49.8 Å². The minimum atomic E-state index is 0.0974. The van der Waals surface area contributed by atoms with Gasteiger partial charge in [-0.25, -0.2) is 0 Å². The zero-order valence-corrected chi connectivity index (χ0v) is 16.8. The average molecular weight is 395 g/mol. The van der Waals surface area contributed by atoms with E-state index in [1.807, 2.05) is 13.1 Å². The Kier molecular flexibility index (Phi) is 7.76. The van der Waals surface area contributed by atoms with E-state index >= 15 is 0 Å². The highest BCUT2D eigenvalue weighted by Crippen LogP contribution is 2.24. The van der Waals surface area contributed by atoms with Crippen molar-refractivity contribution in [3.63, 3.8) is 0 Å². The molecule has 1 fully saturated rings. The molecule has 3 nitrogen and oxygen atoms in total. The fourth-order valence-electron chi connectivity index (χ4n) is 3.69. The molecule has 1 aliphatic heterocycles. The van der Waals surface area contributed by atoms with Crippen molar-refractivity contribution in [1.82, 2.24) is 10.2 Å². The number of halogens is 1. The molecule has 134 valence electrons. The second kappa shape index (κ2) is 9.57. The van der Waals surface area contributed by atoms with Crippen LogP contribution in [0.15, 0.2) is 28.7 Å². The van der Waals surface area contributed by atoms with Gasteiger partial charge in [-0.3, -0.25) is 4.79 Å². The van der Waals surface area contributed by atoms with Gasteiger partial charge in [-0.1, -0.05) is 41.9 Å². The Morgan fingerprint density at radius 3 is 2.62 bits per heavy atom. The van der Waals surface area contributed by atoms with Crippen LogP contribution in [0.4, 0.5) is 0 Å². The molecule has 1 heterocycles. The Labute approximate surface area is 155 Å². The van der Waals surface area contributed by atoms with Crippen molar-refractivity contribution in [2.75, 3.05) is 26.7 Å². The van der Waals surface area contributed by atoms with Gasteiger partial charge in [-0.15, -0.1) is 0 Å². The Morgan fingerprint density at radius 1 is 1.33 bits per heavy atom. The van der Waals surface area contributed by atoms with Gasteiger partial charge < -0.3 is 10.2 Å². The molecule has 1 aliphatic rings. The van der Waals surface area contributed by atoms with Crippen molar-refractivity contribution in [3.05, 3.63) is 34.3 Å². The smallest absolute Gasteiger partial charge is 0.226 e. The van der Waals surface area contributed by atoms with Crippen LogP contribution in [0.25, 0.3) is 0 Å². The quantitative estimate of drug-likeness (QED) is 0.754. The SMILES string of the molecule is CNCC1CCN(C(=O)C(Cc2cccc(Br)c2)CC(C)C)CC1. The van der Waals surface area contributed by atoms with Crippen LogP contribution in [-0.4, -0.2) is 37.5 Å². The summed E-state index contributed by atoms with van der Waals surface area (Å²) in [5.41, 5.74) is 1.24. The maximum atomic E-state index is 13.1. The van der Waals surface area contributed by atoms with Crippen LogP contribution in [0, 0.1) is 17.8 Å². The third kappa shape index (κ3) is 5.89. The lowest BCUT2D eigenvalue weighted by atomic mass is 9.88. The topological polar surface area (TPSA) is 32.3 Å². The summed E-state index contributed by atoms with van der Waals surface area (Å²) in [5.74, 6) is 1.70. The number of nitrogens with one attached hydrogen (secondary N) is 1. The van der Waals surface area contributed by atoms with Gasteiger partial charge in [0.2, 0.25) is 5.91 Å². The number of likely N-dealkylation sites (tertiary alicyclic amines) is 1. The molecule has 2 rings (SSSR count). The molecular weight excluding hydrogens is 364 g/mol. The Balaban J connectivity index is 2.00. The molecule has 1 atom stereocenters. The number of piperidine rings is 1. The van der Waals surface area contributed by atoms with E-state index in [0.29, 0.717) is 17.7 Å². The Morgan fingerprint density at radius 2 is 2.04 bits per heavy atom. The monoisotopic (exact) mass is 394 g/mol. The highest BCUT2D eigenvalue weighted by molar-refractivity contribution is 9.10. The predicted octanol–water partition coefficient (Wildman–Crippen LogP) is 4.11. The van der Waals surface area contributed by atoms with E-state index in [4.69, 9.17) is 0 Å². The number of carbonyl (C=O) groups is 1. The highest BCUT2D eigenvalue weighted by atomic mass is 79.9. The molecule has 0 bridgehead atoms. The Bertz CT molecular complexity index is 524. The molecule has 1 N–H and O–H groups in total. The van der Waals surface area contributed by atoms with Gasteiger partial charge >= 0.3 is 0 Å². The average Bonchev–Trinajstić information content (AvgIpc) is 2.54. The molecule has 1 aromatic rings. The van der Waals surface area contributed by atoms with Crippen LogP contribution in [0.3, 0.4) is 0 Å². The first-order valence-electron chi connectivity index (χ1n) is 9.17. The van der Waals surface area contributed by atoms with Crippen molar-refractivity contribution >= 4 is 21.8 Å². The van der Waals surface area contributed by atoms with Gasteiger partial charge in [0.15, 0.2) is 0 Å². The number of carbonyl (C=O) groups excluding carboxylic acids is 1. The van der Waals surface area contributed by atoms with Crippen molar-refractivity contribution in [3.8, 4) is 0 Å². The van der Waals surface area contributed by atoms with Gasteiger partial charge in [0.25, 0.3) is 0 Å². The number of hydrogen-bond acceptors (Lipinski definition) is 2. The standard InChI is InChI=1S/C20H31BrN2O/c1-15(2)11-18(12-17-5-4-6-19(21)13-17)20(24)23-9-7-16(8-10-23)14-22-3/h4-6,13,15-16,18,22H,7-12,14H2,1-3H3. The van der Waals surface area contributed by atoms with Gasteiger partial charge in [0.1, 0.15) is 0 Å². The Hall–Kier alpha value is -0.870. The summed E-state index contributed by atoms with van der Waals surface area (Å²) in [5, 5.41) is 3.26. The molecule has 0 radical (unpaired) electrons. The van der Waals surface area contributed by atoms with Gasteiger partial charge in [0.05, 0.1) is 0 Å². The lowest BCUT2D eigenvalue weighted by molar-refractivity contribution is -0.137. The van der Waals surface area contributed by atoms with Crippen LogP contribution < -0.4 is 5.32 Å². The largest absolute Gasteiger partial charge is 0.342 e. The summed E-state index contributed by atoms with van der Waals surface area (Å²) in [6.07, 6.45) is 4.05. The second-order valence-electron chi connectivity index (χ2n) is 7.49. The summed E-state index contributed by atoms with van der Waals surface area (Å²) < 4.78 is 1.09. The number of benzene rings is 1. The molecule has 0 aromatic heterocycles. The summed E-state index contributed by atoms with van der Waals surface area (Å²) in [6, 6.07) is 8.36. The van der Waals surface area contributed by atoms with Gasteiger partial charge in [-0.2, -0.15) is 0 Å². The van der Waals surface area contributed by atoms with E-state index in [1.54, 1.807) is 0 Å². The molecule has 24 heavy (non-hydrogen) atoms. The second-order valence-corrected chi connectivity index (χ2v) is 8.40. The van der Waals surface area contributed by atoms with E-state index in [1.165, 1.54) is 5.56 Å². The van der Waals surface area contributed by atoms with E-state index < -0.39 is 0 Å². The fraction of sp³-hybridized carbons (Fsp3) is 0.650. The molecule has 4 heteroatoms. The normalized spacial score (nSPS) is 17.3. The van der Waals surface area contributed by atoms with E-state index in [-0.39, 0.29) is 5.92 Å². The zero-order valence-electron chi connectivity index (χ0n) is 15.2. The van der Waals surface area contributed by atoms with Crippen molar-refractivity contribution in [1.29, 1.82) is 0 Å². The first kappa shape index (κ1) is 19.5. The van der Waals surface area contributed by atoms with Gasteiger partial charge in [0, 0.05) is 23.5 Å². The van der Waals surface area contributed by atoms with Crippen LogP contribution in [0.1, 0.15) is 38.7 Å². The maximum absolute atomic E-state index is 13.1. The molecule has 1 aromatic carbocycles. The highest BCUT2D eigenvalue weighted by Gasteiger charge is 2.28. The summed E-state index contributed by atoms with van der Waals surface area (Å²) >= 11 is 3.54. The number of nitrogens with zero attached hydrogens (tertiary/aromatic N) is 1. The van der Waals surface area contributed by atoms with Crippen molar-refractivity contribution in [2.24, 2.45) is 17.8 Å². The molecule has 1 amide bonds. The van der Waals surface area contributed by atoms with Gasteiger partial charge in [-0.05, 0) is 68.8 Å². The third-order valence-corrected chi connectivity index (χ3v) is 5.39. The zero-order chi connectivity index (χ0) is 17.5. The number of amides is 1. The molecule has 1 saturated heterocycles. The number of rotatable bonds is 7. The van der Waals surface area contributed by atoms with Crippen LogP contribution >= 0.6 is 15.9 Å². The summed E-state index contributed by atoms with van der Waals surface area (Å²) in [6.45, 7) is 7.31. The first-order valence-corrected chi connectivity index (χ1v) is 9.96. The minimum Gasteiger partial charge on any atom is -0.342 e. The minimum absolute atomic E-state index is 0.0974. The molecule has 0 spiro atoms. The lowest BCUT2D eigenvalue weighted by Crippen LogP contribution is -2.44. The predicted molar refractivity (Wildman–Crippen MR) is 104 cm³/mol. The molecular formula is C20H31BrN2O. The van der Waals surface area contributed by atoms with E-state index in [2.05, 4.69) is 58.2 Å². The maximum Gasteiger partial charge on any atom is 0.226 e. The van der Waals surface area contributed by atoms with Crippen LogP contribution in [0.2, 0.25) is 0 Å². The van der Waals surface area contributed by atoms with Crippen LogP contribution in [-0.2, 0) is 11.2 Å². The molecule has 1 unspecified atom stereocenters. The summed E-state index contributed by atoms with van der Waals surface area (Å²) in [4.78, 5) is 15.2. The number of hydrogen-bond donors (Lipinski definition) is 1. The van der Waals surface area contributed by atoms with Crippen LogP contribution in [0.5, 0.6) is 0 Å². The lowest BCUT2D eigenvalue weighted by Gasteiger charge is -2.34. The van der Waals surface area contributed by atoms with Crippen molar-refractivity contribution in [2.45, 2.75) is 39.5 Å². The fourth-order valence-corrected chi connectivity index (χ4v) is 4.14. The summed E-state index contributed by atoms with van der Waals surface area (Å²) in [7, 11) is 2.01. The first-order chi connectivity index (χ1) is 11.5.